The van der Waals surface area contributed by atoms with Crippen LogP contribution in [0.5, 0.6) is 5.75 Å². The predicted octanol–water partition coefficient (Wildman–Crippen LogP) is 2.06. The monoisotopic (exact) mass is 163 g/mol. The number of phenolic OH excluding ortho intramolecular Hbond substituents is 1. The van der Waals surface area contributed by atoms with Gasteiger partial charge in [0, 0.05) is 17.8 Å². The Bertz CT molecular complexity index is 307. The highest BCUT2D eigenvalue weighted by molar-refractivity contribution is 5.63. The van der Waals surface area contributed by atoms with E-state index in [1.807, 2.05) is 13.0 Å². The number of benzene rings is 1. The van der Waals surface area contributed by atoms with Gasteiger partial charge in [-0.25, -0.2) is 0 Å². The number of anilines is 1. The summed E-state index contributed by atoms with van der Waals surface area (Å²) in [4.78, 5) is 0. The van der Waals surface area contributed by atoms with Crippen molar-refractivity contribution in [2.24, 2.45) is 0 Å². The zero-order valence-electron chi connectivity index (χ0n) is 7.22. The summed E-state index contributed by atoms with van der Waals surface area (Å²) in [6.07, 6.45) is 2.32. The van der Waals surface area contributed by atoms with Gasteiger partial charge in [0.05, 0.1) is 0 Å². The molecule has 1 aliphatic rings. The number of aryl methyl sites for hydroxylation is 1. The Morgan fingerprint density at radius 1 is 1.42 bits per heavy atom. The normalized spacial score (nSPS) is 15.1. The van der Waals surface area contributed by atoms with Crippen LogP contribution in [0.2, 0.25) is 0 Å². The van der Waals surface area contributed by atoms with Crippen LogP contribution in [0.3, 0.4) is 0 Å². The molecule has 2 rings (SSSR count). The molecule has 2 nitrogen and oxygen atoms in total. The molecule has 0 aliphatic carbocycles. The van der Waals surface area contributed by atoms with E-state index in [4.69, 9.17) is 0 Å². The van der Waals surface area contributed by atoms with E-state index < -0.39 is 0 Å². The molecule has 0 spiro atoms. The molecule has 0 radical (unpaired) electrons. The molecule has 64 valence electrons. The van der Waals surface area contributed by atoms with Crippen LogP contribution in [0.15, 0.2) is 12.1 Å². The van der Waals surface area contributed by atoms with Crippen LogP contribution in [0.1, 0.15) is 17.5 Å². The van der Waals surface area contributed by atoms with Crippen molar-refractivity contribution in [2.45, 2.75) is 19.8 Å². The van der Waals surface area contributed by atoms with E-state index in [9.17, 15) is 5.11 Å². The number of rotatable bonds is 0. The summed E-state index contributed by atoms with van der Waals surface area (Å²) in [5.41, 5.74) is 3.45. The van der Waals surface area contributed by atoms with Gasteiger partial charge in [-0.3, -0.25) is 0 Å². The van der Waals surface area contributed by atoms with Gasteiger partial charge in [-0.1, -0.05) is 6.07 Å². The maximum Gasteiger partial charge on any atom is 0.120 e. The van der Waals surface area contributed by atoms with Crippen LogP contribution >= 0.6 is 0 Å². The van der Waals surface area contributed by atoms with Crippen molar-refractivity contribution in [3.05, 3.63) is 23.3 Å². The zero-order valence-corrected chi connectivity index (χ0v) is 7.22. The number of hydrogen-bond acceptors (Lipinski definition) is 2. The summed E-state index contributed by atoms with van der Waals surface area (Å²) in [5.74, 6) is 0.392. The Morgan fingerprint density at radius 2 is 2.25 bits per heavy atom. The van der Waals surface area contributed by atoms with Crippen molar-refractivity contribution in [2.75, 3.05) is 11.9 Å². The molecule has 12 heavy (non-hydrogen) atoms. The summed E-state index contributed by atoms with van der Waals surface area (Å²) < 4.78 is 0. The van der Waals surface area contributed by atoms with Crippen molar-refractivity contribution < 1.29 is 5.11 Å². The number of fused-ring (bicyclic) bond motifs is 1. The topological polar surface area (TPSA) is 32.3 Å². The average Bonchev–Trinajstić information content (AvgIpc) is 2.12. The first-order valence-corrected chi connectivity index (χ1v) is 4.34. The molecular weight excluding hydrogens is 150 g/mol. The fraction of sp³-hybridized carbons (Fsp3) is 0.400. The summed E-state index contributed by atoms with van der Waals surface area (Å²) in [6, 6.07) is 3.78. The number of phenols is 1. The summed E-state index contributed by atoms with van der Waals surface area (Å²) >= 11 is 0. The SMILES string of the molecule is Cc1c(O)ccc2c1NCCC2. The number of hydrogen-bond donors (Lipinski definition) is 2. The Hall–Kier alpha value is -1.18. The average molecular weight is 163 g/mol. The van der Waals surface area contributed by atoms with Gasteiger partial charge in [0.25, 0.3) is 0 Å². The lowest BCUT2D eigenvalue weighted by atomic mass is 9.99. The van der Waals surface area contributed by atoms with Crippen molar-refractivity contribution >= 4 is 5.69 Å². The highest BCUT2D eigenvalue weighted by Crippen LogP contribution is 2.31. The third kappa shape index (κ3) is 1.04. The van der Waals surface area contributed by atoms with E-state index in [0.29, 0.717) is 5.75 Å². The van der Waals surface area contributed by atoms with Crippen LogP contribution in [0.4, 0.5) is 5.69 Å². The van der Waals surface area contributed by atoms with Crippen molar-refractivity contribution in [3.8, 4) is 5.75 Å². The molecule has 1 heterocycles. The lowest BCUT2D eigenvalue weighted by Crippen LogP contribution is -2.12. The van der Waals surface area contributed by atoms with Gasteiger partial charge < -0.3 is 10.4 Å². The molecule has 1 aromatic rings. The second-order valence-corrected chi connectivity index (χ2v) is 3.27. The Labute approximate surface area is 72.2 Å². The molecule has 0 saturated heterocycles. The molecule has 2 N–H and O–H groups in total. The molecule has 1 aromatic carbocycles. The van der Waals surface area contributed by atoms with E-state index in [1.54, 1.807) is 6.07 Å². The molecule has 0 unspecified atom stereocenters. The molecule has 0 amide bonds. The Kier molecular flexibility index (Phi) is 1.68. The van der Waals surface area contributed by atoms with E-state index in [1.165, 1.54) is 12.0 Å². The fourth-order valence-corrected chi connectivity index (χ4v) is 1.70. The van der Waals surface area contributed by atoms with Crippen molar-refractivity contribution in [1.29, 1.82) is 0 Å². The third-order valence-electron chi connectivity index (χ3n) is 2.45. The molecule has 2 heteroatoms. The molecule has 0 aromatic heterocycles. The second-order valence-electron chi connectivity index (χ2n) is 3.27. The third-order valence-corrected chi connectivity index (χ3v) is 2.45. The lowest BCUT2D eigenvalue weighted by molar-refractivity contribution is 0.471. The van der Waals surface area contributed by atoms with Crippen LogP contribution in [0, 0.1) is 6.92 Å². The minimum atomic E-state index is 0.392. The van der Waals surface area contributed by atoms with Gasteiger partial charge in [0.1, 0.15) is 5.75 Å². The molecular formula is C10H13NO. The molecule has 0 bridgehead atoms. The minimum Gasteiger partial charge on any atom is -0.508 e. The van der Waals surface area contributed by atoms with Crippen LogP contribution in [-0.2, 0) is 6.42 Å². The largest absolute Gasteiger partial charge is 0.508 e. The summed E-state index contributed by atoms with van der Waals surface area (Å²) in [5, 5.41) is 12.7. The minimum absolute atomic E-state index is 0.392. The molecule has 0 saturated carbocycles. The van der Waals surface area contributed by atoms with Crippen molar-refractivity contribution in [1.82, 2.24) is 0 Å². The smallest absolute Gasteiger partial charge is 0.120 e. The van der Waals surface area contributed by atoms with Gasteiger partial charge in [0.2, 0.25) is 0 Å². The van der Waals surface area contributed by atoms with Gasteiger partial charge in [-0.2, -0.15) is 0 Å². The second kappa shape index (κ2) is 2.70. The predicted molar refractivity (Wildman–Crippen MR) is 49.7 cm³/mol. The first kappa shape index (κ1) is 7.47. The van der Waals surface area contributed by atoms with Crippen LogP contribution in [-0.4, -0.2) is 11.7 Å². The van der Waals surface area contributed by atoms with Crippen LogP contribution < -0.4 is 5.32 Å². The summed E-state index contributed by atoms with van der Waals surface area (Å²) in [6.45, 7) is 2.98. The molecule has 1 aliphatic heterocycles. The van der Waals surface area contributed by atoms with E-state index in [0.717, 1.165) is 24.2 Å². The Morgan fingerprint density at radius 3 is 3.08 bits per heavy atom. The van der Waals surface area contributed by atoms with Gasteiger partial charge in [-0.05, 0) is 31.4 Å². The summed E-state index contributed by atoms with van der Waals surface area (Å²) in [7, 11) is 0. The highest BCUT2D eigenvalue weighted by Gasteiger charge is 2.12. The maximum atomic E-state index is 9.44. The van der Waals surface area contributed by atoms with Gasteiger partial charge in [0.15, 0.2) is 0 Å². The standard InChI is InChI=1S/C10H13NO/c1-7-9(12)5-4-8-3-2-6-11-10(7)8/h4-5,11-12H,2-3,6H2,1H3. The molecule has 0 atom stereocenters. The zero-order chi connectivity index (χ0) is 8.55. The van der Waals surface area contributed by atoms with E-state index in [-0.39, 0.29) is 0 Å². The molecule has 0 fully saturated rings. The first-order valence-electron chi connectivity index (χ1n) is 4.34. The van der Waals surface area contributed by atoms with Gasteiger partial charge in [-0.15, -0.1) is 0 Å². The highest BCUT2D eigenvalue weighted by atomic mass is 16.3. The van der Waals surface area contributed by atoms with Gasteiger partial charge >= 0.3 is 0 Å². The number of nitrogens with one attached hydrogen (secondary N) is 1. The quantitative estimate of drug-likeness (QED) is 0.613. The van der Waals surface area contributed by atoms with Crippen molar-refractivity contribution in [3.63, 3.8) is 0 Å². The lowest BCUT2D eigenvalue weighted by Gasteiger charge is -2.20. The van der Waals surface area contributed by atoms with E-state index in [2.05, 4.69) is 5.32 Å². The Balaban J connectivity index is 2.54. The van der Waals surface area contributed by atoms with Crippen LogP contribution in [0.25, 0.3) is 0 Å². The fourth-order valence-electron chi connectivity index (χ4n) is 1.70. The first-order chi connectivity index (χ1) is 5.79. The number of aromatic hydroxyl groups is 1. The maximum absolute atomic E-state index is 9.44. The van der Waals surface area contributed by atoms with E-state index >= 15 is 0 Å².